The van der Waals surface area contributed by atoms with Crippen LogP contribution in [0.1, 0.15) is 16.7 Å². The van der Waals surface area contributed by atoms with Crippen LogP contribution in [0.5, 0.6) is 5.75 Å². The second-order valence-corrected chi connectivity index (χ2v) is 5.29. The van der Waals surface area contributed by atoms with E-state index in [-0.39, 0.29) is 0 Å². The maximum absolute atomic E-state index is 9.46. The zero-order chi connectivity index (χ0) is 13.1. The molecule has 0 aliphatic rings. The molecule has 0 saturated carbocycles. The maximum Gasteiger partial charge on any atom is 0.118 e. The van der Waals surface area contributed by atoms with Crippen LogP contribution < -0.4 is 5.32 Å². The van der Waals surface area contributed by atoms with Gasteiger partial charge in [0.05, 0.1) is 0 Å². The summed E-state index contributed by atoms with van der Waals surface area (Å²) in [5.41, 5.74) is 4.37. The lowest BCUT2D eigenvalue weighted by atomic mass is 10.1. The third-order valence-electron chi connectivity index (χ3n) is 2.92. The molecule has 0 bridgehead atoms. The lowest BCUT2D eigenvalue weighted by molar-refractivity contribution is 0.471. The normalized spacial score (nSPS) is 10.4. The molecule has 94 valence electrons. The van der Waals surface area contributed by atoms with Gasteiger partial charge in [-0.2, -0.15) is 0 Å². The minimum absolute atomic E-state index is 0.333. The van der Waals surface area contributed by atoms with E-state index in [1.807, 2.05) is 19.1 Å². The Morgan fingerprint density at radius 1 is 1.06 bits per heavy atom. The van der Waals surface area contributed by atoms with Crippen LogP contribution in [0.2, 0.25) is 0 Å². The lowest BCUT2D eigenvalue weighted by Gasteiger charge is -2.09. The molecule has 0 spiro atoms. The second-order valence-electron chi connectivity index (χ2n) is 4.44. The molecule has 2 aromatic carbocycles. The number of halogens is 1. The Bertz CT molecular complexity index is 515. The Balaban J connectivity index is 2.06. The van der Waals surface area contributed by atoms with E-state index in [9.17, 15) is 5.11 Å². The number of phenols is 1. The van der Waals surface area contributed by atoms with Crippen LogP contribution >= 0.6 is 15.9 Å². The third kappa shape index (κ3) is 3.05. The fourth-order valence-electron chi connectivity index (χ4n) is 1.79. The van der Waals surface area contributed by atoms with Gasteiger partial charge in [-0.1, -0.05) is 28.1 Å². The summed E-state index contributed by atoms with van der Waals surface area (Å²) in [5.74, 6) is 0.333. The van der Waals surface area contributed by atoms with Gasteiger partial charge >= 0.3 is 0 Å². The molecule has 0 radical (unpaired) electrons. The van der Waals surface area contributed by atoms with Gasteiger partial charge in [-0.3, -0.25) is 0 Å². The van der Waals surface area contributed by atoms with E-state index in [1.54, 1.807) is 6.07 Å². The van der Waals surface area contributed by atoms with Crippen LogP contribution in [-0.4, -0.2) is 5.11 Å². The summed E-state index contributed by atoms with van der Waals surface area (Å²) >= 11 is 3.49. The van der Waals surface area contributed by atoms with Crippen LogP contribution in [0, 0.1) is 13.8 Å². The SMILES string of the molecule is Cc1cc(NCc2ccc(Br)c(C)c2)ccc1O. The van der Waals surface area contributed by atoms with Gasteiger partial charge in [0.1, 0.15) is 5.75 Å². The van der Waals surface area contributed by atoms with Crippen molar-refractivity contribution in [2.24, 2.45) is 0 Å². The predicted molar refractivity (Wildman–Crippen MR) is 79.0 cm³/mol. The monoisotopic (exact) mass is 305 g/mol. The van der Waals surface area contributed by atoms with Gasteiger partial charge in [-0.05, 0) is 54.8 Å². The maximum atomic E-state index is 9.46. The van der Waals surface area contributed by atoms with E-state index in [0.717, 1.165) is 22.3 Å². The van der Waals surface area contributed by atoms with Crippen molar-refractivity contribution in [1.82, 2.24) is 0 Å². The number of phenolic OH excluding ortho intramolecular Hbond substituents is 1. The second kappa shape index (κ2) is 5.44. The highest BCUT2D eigenvalue weighted by atomic mass is 79.9. The molecule has 0 unspecified atom stereocenters. The molecule has 0 fully saturated rings. The fraction of sp³-hybridized carbons (Fsp3) is 0.200. The zero-order valence-electron chi connectivity index (χ0n) is 10.5. The van der Waals surface area contributed by atoms with Gasteiger partial charge in [-0.15, -0.1) is 0 Å². The number of benzene rings is 2. The molecule has 0 atom stereocenters. The largest absolute Gasteiger partial charge is 0.508 e. The van der Waals surface area contributed by atoms with Gasteiger partial charge in [0.15, 0.2) is 0 Å². The minimum Gasteiger partial charge on any atom is -0.508 e. The van der Waals surface area contributed by atoms with Crippen molar-refractivity contribution in [1.29, 1.82) is 0 Å². The van der Waals surface area contributed by atoms with Gasteiger partial charge in [0.2, 0.25) is 0 Å². The van der Waals surface area contributed by atoms with Gasteiger partial charge in [0, 0.05) is 16.7 Å². The molecule has 0 aromatic heterocycles. The Morgan fingerprint density at radius 2 is 1.83 bits per heavy atom. The van der Waals surface area contributed by atoms with Crippen molar-refractivity contribution in [3.05, 3.63) is 57.6 Å². The summed E-state index contributed by atoms with van der Waals surface area (Å²) in [6.45, 7) is 4.75. The van der Waals surface area contributed by atoms with Crippen LogP contribution in [-0.2, 0) is 6.54 Å². The van der Waals surface area contributed by atoms with Crippen molar-refractivity contribution in [3.8, 4) is 5.75 Å². The molecule has 0 aliphatic heterocycles. The topological polar surface area (TPSA) is 32.3 Å². The number of hydrogen-bond acceptors (Lipinski definition) is 2. The summed E-state index contributed by atoms with van der Waals surface area (Å²) in [5, 5.41) is 12.8. The van der Waals surface area contributed by atoms with Crippen LogP contribution in [0.3, 0.4) is 0 Å². The van der Waals surface area contributed by atoms with Gasteiger partial charge < -0.3 is 10.4 Å². The first kappa shape index (κ1) is 13.0. The average molecular weight is 306 g/mol. The summed E-state index contributed by atoms with van der Waals surface area (Å²) in [7, 11) is 0. The van der Waals surface area contributed by atoms with Crippen molar-refractivity contribution >= 4 is 21.6 Å². The van der Waals surface area contributed by atoms with E-state index in [1.165, 1.54) is 11.1 Å². The van der Waals surface area contributed by atoms with Crippen LogP contribution in [0.4, 0.5) is 5.69 Å². The van der Waals surface area contributed by atoms with E-state index >= 15 is 0 Å². The summed E-state index contributed by atoms with van der Waals surface area (Å²) in [6, 6.07) is 11.9. The van der Waals surface area contributed by atoms with Crippen LogP contribution in [0.15, 0.2) is 40.9 Å². The third-order valence-corrected chi connectivity index (χ3v) is 3.81. The van der Waals surface area contributed by atoms with E-state index in [0.29, 0.717) is 5.75 Å². The molecule has 0 aliphatic carbocycles. The van der Waals surface area contributed by atoms with Crippen molar-refractivity contribution in [3.63, 3.8) is 0 Å². The Labute approximate surface area is 116 Å². The molecule has 3 heteroatoms. The lowest BCUT2D eigenvalue weighted by Crippen LogP contribution is -1.99. The summed E-state index contributed by atoms with van der Waals surface area (Å²) in [4.78, 5) is 0. The molecule has 2 N–H and O–H groups in total. The molecular weight excluding hydrogens is 290 g/mol. The highest BCUT2D eigenvalue weighted by molar-refractivity contribution is 9.10. The van der Waals surface area contributed by atoms with Gasteiger partial charge in [-0.25, -0.2) is 0 Å². The predicted octanol–water partition coefficient (Wildman–Crippen LogP) is 4.38. The average Bonchev–Trinajstić information content (AvgIpc) is 2.35. The molecule has 0 heterocycles. The minimum atomic E-state index is 0.333. The van der Waals surface area contributed by atoms with E-state index in [4.69, 9.17) is 0 Å². The number of aromatic hydroxyl groups is 1. The Morgan fingerprint density at radius 3 is 2.50 bits per heavy atom. The number of rotatable bonds is 3. The standard InChI is InChI=1S/C15H16BrNO/c1-10-7-12(3-5-14(10)16)9-17-13-4-6-15(18)11(2)8-13/h3-8,17-18H,9H2,1-2H3. The molecule has 2 aromatic rings. The molecule has 18 heavy (non-hydrogen) atoms. The quantitative estimate of drug-likeness (QED) is 0.825. The molecule has 0 amide bonds. The molecule has 2 nitrogen and oxygen atoms in total. The highest BCUT2D eigenvalue weighted by Gasteiger charge is 2.00. The number of anilines is 1. The fourth-order valence-corrected chi connectivity index (χ4v) is 2.03. The molecule has 2 rings (SSSR count). The number of nitrogens with one attached hydrogen (secondary N) is 1. The number of hydrogen-bond donors (Lipinski definition) is 2. The first-order chi connectivity index (χ1) is 8.56. The van der Waals surface area contributed by atoms with Crippen LogP contribution in [0.25, 0.3) is 0 Å². The zero-order valence-corrected chi connectivity index (χ0v) is 12.1. The summed E-state index contributed by atoms with van der Waals surface area (Å²) < 4.78 is 1.13. The van der Waals surface area contributed by atoms with Gasteiger partial charge in [0.25, 0.3) is 0 Å². The smallest absolute Gasteiger partial charge is 0.118 e. The number of aryl methyl sites for hydroxylation is 2. The first-order valence-electron chi connectivity index (χ1n) is 5.85. The first-order valence-corrected chi connectivity index (χ1v) is 6.64. The Kier molecular flexibility index (Phi) is 3.92. The van der Waals surface area contributed by atoms with E-state index in [2.05, 4.69) is 46.4 Å². The molecular formula is C15H16BrNO. The summed E-state index contributed by atoms with van der Waals surface area (Å²) in [6.07, 6.45) is 0. The van der Waals surface area contributed by atoms with Crippen molar-refractivity contribution in [2.45, 2.75) is 20.4 Å². The molecule has 0 saturated heterocycles. The van der Waals surface area contributed by atoms with Crippen molar-refractivity contribution in [2.75, 3.05) is 5.32 Å². The highest BCUT2D eigenvalue weighted by Crippen LogP contribution is 2.21. The van der Waals surface area contributed by atoms with E-state index < -0.39 is 0 Å². The van der Waals surface area contributed by atoms with Crippen molar-refractivity contribution < 1.29 is 5.11 Å². The Hall–Kier alpha value is -1.48.